The number of hydroxylamine groups is 1. The van der Waals surface area contributed by atoms with E-state index in [-0.39, 0.29) is 17.5 Å². The number of hydrogen-bond donors (Lipinski definition) is 2. The third-order valence-corrected chi connectivity index (χ3v) is 5.96. The highest BCUT2D eigenvalue weighted by molar-refractivity contribution is 5.95. The summed E-state index contributed by atoms with van der Waals surface area (Å²) in [6.07, 6.45) is 9.01. The average molecular weight is 390 g/mol. The Kier molecular flexibility index (Phi) is 5.93. The molecule has 1 aromatic carbocycles. The van der Waals surface area contributed by atoms with Crippen LogP contribution in [0.4, 0.5) is 14.5 Å². The minimum atomic E-state index is -0.541. The summed E-state index contributed by atoms with van der Waals surface area (Å²) >= 11 is 0. The van der Waals surface area contributed by atoms with Crippen molar-refractivity contribution in [2.24, 2.45) is 17.3 Å². The van der Waals surface area contributed by atoms with Crippen LogP contribution in [0.2, 0.25) is 0 Å². The molecular weight excluding hydrogens is 366 g/mol. The largest absolute Gasteiger partial charge is 0.372 e. The van der Waals surface area contributed by atoms with Crippen LogP contribution in [-0.2, 0) is 9.59 Å². The van der Waals surface area contributed by atoms with E-state index >= 15 is 0 Å². The molecular formula is C21H24F2N2O3. The molecule has 0 aromatic heterocycles. The molecule has 2 unspecified atom stereocenters. The molecule has 3 atom stereocenters. The summed E-state index contributed by atoms with van der Waals surface area (Å²) in [5, 5.41) is 8.78. The lowest BCUT2D eigenvalue weighted by Crippen LogP contribution is -2.38. The minimum Gasteiger partial charge on any atom is -0.372 e. The molecule has 0 bridgehead atoms. The molecule has 1 saturated carbocycles. The number of fused-ring (bicyclic) bond motifs is 1. The molecule has 1 aromatic rings. The number of aldehydes is 1. The normalized spacial score (nSPS) is 26.2. The maximum atomic E-state index is 14.0. The molecule has 1 fully saturated rings. The molecule has 1 amide bonds. The van der Waals surface area contributed by atoms with Gasteiger partial charge in [0, 0.05) is 30.6 Å². The molecule has 2 N–H and O–H groups in total. The van der Waals surface area contributed by atoms with Gasteiger partial charge in [0.1, 0.15) is 17.9 Å². The van der Waals surface area contributed by atoms with Gasteiger partial charge in [0.2, 0.25) is 0 Å². The van der Waals surface area contributed by atoms with Crippen molar-refractivity contribution in [3.8, 4) is 0 Å². The predicted molar refractivity (Wildman–Crippen MR) is 101 cm³/mol. The smallest absolute Gasteiger partial charge is 0.274 e. The number of anilines is 1. The molecule has 28 heavy (non-hydrogen) atoms. The van der Waals surface area contributed by atoms with Gasteiger partial charge < -0.3 is 9.69 Å². The Morgan fingerprint density at radius 1 is 1.39 bits per heavy atom. The Morgan fingerprint density at radius 2 is 2.18 bits per heavy atom. The van der Waals surface area contributed by atoms with Gasteiger partial charge in [-0.25, -0.2) is 14.3 Å². The second kappa shape index (κ2) is 8.22. The molecule has 5 nitrogen and oxygen atoms in total. The fraction of sp³-hybridized carbons (Fsp3) is 0.429. The summed E-state index contributed by atoms with van der Waals surface area (Å²) < 4.78 is 27.4. The Morgan fingerprint density at radius 3 is 2.89 bits per heavy atom. The number of amides is 1. The van der Waals surface area contributed by atoms with Crippen molar-refractivity contribution in [2.45, 2.75) is 25.7 Å². The van der Waals surface area contributed by atoms with E-state index in [9.17, 15) is 18.4 Å². The van der Waals surface area contributed by atoms with E-state index in [4.69, 9.17) is 5.21 Å². The van der Waals surface area contributed by atoms with Crippen molar-refractivity contribution in [1.29, 1.82) is 0 Å². The maximum absolute atomic E-state index is 14.0. The van der Waals surface area contributed by atoms with Gasteiger partial charge in [-0.05, 0) is 49.7 Å². The van der Waals surface area contributed by atoms with Gasteiger partial charge in [-0.1, -0.05) is 18.2 Å². The molecule has 150 valence electrons. The van der Waals surface area contributed by atoms with Gasteiger partial charge in [-0.15, -0.1) is 0 Å². The number of carbonyl (C=O) groups is 2. The van der Waals surface area contributed by atoms with Gasteiger partial charge in [-0.3, -0.25) is 10.0 Å². The lowest BCUT2D eigenvalue weighted by molar-refractivity contribution is -0.125. The molecule has 7 heteroatoms. The van der Waals surface area contributed by atoms with E-state index < -0.39 is 23.0 Å². The number of nitrogens with one attached hydrogen (secondary N) is 1. The van der Waals surface area contributed by atoms with Gasteiger partial charge >= 0.3 is 0 Å². The van der Waals surface area contributed by atoms with E-state index in [2.05, 4.69) is 0 Å². The van der Waals surface area contributed by atoms with Crippen molar-refractivity contribution in [1.82, 2.24) is 5.48 Å². The lowest BCUT2D eigenvalue weighted by Gasteiger charge is -2.41. The predicted octanol–water partition coefficient (Wildman–Crippen LogP) is 3.39. The van der Waals surface area contributed by atoms with E-state index in [1.165, 1.54) is 0 Å². The number of hydrogen-bond acceptors (Lipinski definition) is 4. The maximum Gasteiger partial charge on any atom is 0.274 e. The van der Waals surface area contributed by atoms with Crippen LogP contribution in [0.3, 0.4) is 0 Å². The second-order valence-electron chi connectivity index (χ2n) is 7.74. The van der Waals surface area contributed by atoms with Crippen LogP contribution < -0.4 is 10.4 Å². The fourth-order valence-electron chi connectivity index (χ4n) is 4.22. The van der Waals surface area contributed by atoms with E-state index in [1.807, 2.05) is 12.2 Å². The van der Waals surface area contributed by atoms with E-state index in [1.54, 1.807) is 23.5 Å². The number of benzene rings is 1. The van der Waals surface area contributed by atoms with Crippen molar-refractivity contribution in [3.63, 3.8) is 0 Å². The second-order valence-corrected chi connectivity index (χ2v) is 7.74. The zero-order valence-corrected chi connectivity index (χ0v) is 15.7. The van der Waals surface area contributed by atoms with Crippen molar-refractivity contribution in [2.75, 3.05) is 18.5 Å². The summed E-state index contributed by atoms with van der Waals surface area (Å²) in [7, 11) is 1.69. The summed E-state index contributed by atoms with van der Waals surface area (Å²) in [5.41, 5.74) is 1.70. The minimum absolute atomic E-state index is 0.130. The van der Waals surface area contributed by atoms with Crippen molar-refractivity contribution < 1.29 is 23.6 Å². The quantitative estimate of drug-likeness (QED) is 0.444. The van der Waals surface area contributed by atoms with E-state index in [0.29, 0.717) is 31.4 Å². The molecule has 0 saturated heterocycles. The van der Waals surface area contributed by atoms with Crippen LogP contribution in [0.15, 0.2) is 42.0 Å². The van der Waals surface area contributed by atoms with Crippen molar-refractivity contribution >= 4 is 17.9 Å². The van der Waals surface area contributed by atoms with Crippen molar-refractivity contribution in [3.05, 3.63) is 53.6 Å². The SMILES string of the molecule is CN(CC[C@@]1(C=O)CCC2C=C(C(=O)NO)C=CC2C1)c1cc(F)ccc1F. The highest BCUT2D eigenvalue weighted by Crippen LogP contribution is 2.46. The third kappa shape index (κ3) is 4.14. The highest BCUT2D eigenvalue weighted by Gasteiger charge is 2.40. The Hall–Kier alpha value is -2.54. The van der Waals surface area contributed by atoms with Crippen LogP contribution in [0, 0.1) is 28.9 Å². The number of rotatable bonds is 6. The Balaban J connectivity index is 1.67. The first-order chi connectivity index (χ1) is 13.4. The molecule has 0 radical (unpaired) electrons. The third-order valence-electron chi connectivity index (χ3n) is 5.96. The summed E-state index contributed by atoms with van der Waals surface area (Å²) in [6, 6.07) is 3.33. The van der Waals surface area contributed by atoms with E-state index in [0.717, 1.165) is 30.9 Å². The highest BCUT2D eigenvalue weighted by atomic mass is 19.1. The molecule has 0 aliphatic heterocycles. The lowest BCUT2D eigenvalue weighted by atomic mass is 9.63. The summed E-state index contributed by atoms with van der Waals surface area (Å²) in [4.78, 5) is 25.2. The monoisotopic (exact) mass is 390 g/mol. The first-order valence-corrected chi connectivity index (χ1v) is 9.34. The first kappa shape index (κ1) is 20.2. The number of nitrogens with zero attached hydrogens (tertiary/aromatic N) is 1. The summed E-state index contributed by atoms with van der Waals surface area (Å²) in [5.74, 6) is -1.27. The zero-order chi connectivity index (χ0) is 20.3. The van der Waals surface area contributed by atoms with Gasteiger partial charge in [-0.2, -0.15) is 0 Å². The molecule has 2 aliphatic rings. The number of allylic oxidation sites excluding steroid dienone is 2. The number of halogens is 2. The van der Waals surface area contributed by atoms with Gasteiger partial charge in [0.25, 0.3) is 5.91 Å². The summed E-state index contributed by atoms with van der Waals surface area (Å²) in [6.45, 7) is 0.425. The first-order valence-electron chi connectivity index (χ1n) is 9.34. The molecule has 0 heterocycles. The van der Waals surface area contributed by atoms with Gasteiger partial charge in [0.15, 0.2) is 0 Å². The molecule has 3 rings (SSSR count). The topological polar surface area (TPSA) is 69.6 Å². The number of carbonyl (C=O) groups excluding carboxylic acids is 2. The zero-order valence-electron chi connectivity index (χ0n) is 15.7. The fourth-order valence-corrected chi connectivity index (χ4v) is 4.22. The standard InChI is InChI=1S/C21H24F2N2O3/c1-25(19-11-17(22)4-5-18(19)23)9-8-21(13-26)7-6-14-10-15(20(27)24-28)2-3-16(14)12-21/h2-5,10-11,13-14,16,28H,6-9,12H2,1H3,(H,24,27)/t14?,16?,21-/m0/s1. The van der Waals surface area contributed by atoms with Gasteiger partial charge in [0.05, 0.1) is 5.69 Å². The van der Waals surface area contributed by atoms with Crippen LogP contribution in [0.25, 0.3) is 0 Å². The Labute approximate surface area is 162 Å². The average Bonchev–Trinajstić information content (AvgIpc) is 2.72. The molecule has 2 aliphatic carbocycles. The van der Waals surface area contributed by atoms with Crippen LogP contribution >= 0.6 is 0 Å². The van der Waals surface area contributed by atoms with Crippen LogP contribution in [-0.4, -0.2) is 31.0 Å². The van der Waals surface area contributed by atoms with Crippen LogP contribution in [0.1, 0.15) is 25.7 Å². The molecule has 0 spiro atoms. The van der Waals surface area contributed by atoms with Crippen LogP contribution in [0.5, 0.6) is 0 Å². The Bertz CT molecular complexity index is 824.